The summed E-state index contributed by atoms with van der Waals surface area (Å²) in [5, 5.41) is 5.72. The van der Waals surface area contributed by atoms with Gasteiger partial charge in [-0.2, -0.15) is 0 Å². The van der Waals surface area contributed by atoms with Crippen LogP contribution in [0.5, 0.6) is 0 Å². The first kappa shape index (κ1) is 20.8. The summed E-state index contributed by atoms with van der Waals surface area (Å²) < 4.78 is 13.8. The number of hydrogen-bond acceptors (Lipinski definition) is 3. The summed E-state index contributed by atoms with van der Waals surface area (Å²) in [5.41, 5.74) is 1.85. The van der Waals surface area contributed by atoms with E-state index in [1.807, 2.05) is 20.8 Å². The Morgan fingerprint density at radius 3 is 2.07 bits per heavy atom. The number of halogens is 1. The van der Waals surface area contributed by atoms with Gasteiger partial charge in [0.05, 0.1) is 11.4 Å². The van der Waals surface area contributed by atoms with Crippen molar-refractivity contribution in [2.24, 2.45) is 0 Å². The fourth-order valence-corrected chi connectivity index (χ4v) is 3.40. The summed E-state index contributed by atoms with van der Waals surface area (Å²) in [6.45, 7) is 7.51. The second kappa shape index (κ2) is 8.64. The highest BCUT2D eigenvalue weighted by molar-refractivity contribution is 6.06. The lowest BCUT2D eigenvalue weighted by atomic mass is 10.1. The minimum Gasteiger partial charge on any atom is -0.370 e. The molecule has 2 N–H and O–H groups in total. The lowest BCUT2D eigenvalue weighted by Crippen LogP contribution is -2.40. The van der Waals surface area contributed by atoms with Crippen molar-refractivity contribution in [2.75, 3.05) is 23.3 Å². The van der Waals surface area contributed by atoms with Gasteiger partial charge in [0.15, 0.2) is 0 Å². The third-order valence-corrected chi connectivity index (χ3v) is 4.80. The molecule has 0 spiro atoms. The van der Waals surface area contributed by atoms with Crippen LogP contribution in [0.3, 0.4) is 0 Å². The van der Waals surface area contributed by atoms with Gasteiger partial charge in [-0.1, -0.05) is 0 Å². The molecule has 1 saturated heterocycles. The molecule has 1 aliphatic rings. The highest BCUT2D eigenvalue weighted by Crippen LogP contribution is 2.29. The van der Waals surface area contributed by atoms with Gasteiger partial charge in [-0.15, -0.1) is 0 Å². The lowest BCUT2D eigenvalue weighted by molar-refractivity contribution is 0.0918. The molecule has 2 aromatic rings. The van der Waals surface area contributed by atoms with Gasteiger partial charge in [0.1, 0.15) is 5.82 Å². The molecule has 0 bridgehead atoms. The van der Waals surface area contributed by atoms with Gasteiger partial charge < -0.3 is 15.5 Å². The van der Waals surface area contributed by atoms with Crippen molar-refractivity contribution in [2.45, 2.75) is 45.6 Å². The number of carbonyl (C=O) groups excluding carboxylic acids is 2. The van der Waals surface area contributed by atoms with E-state index in [-0.39, 0.29) is 17.4 Å². The molecule has 0 radical (unpaired) electrons. The van der Waals surface area contributed by atoms with Crippen LogP contribution in [-0.4, -0.2) is 30.4 Å². The number of carbonyl (C=O) groups is 2. The van der Waals surface area contributed by atoms with Crippen molar-refractivity contribution >= 4 is 23.2 Å². The van der Waals surface area contributed by atoms with Crippen LogP contribution in [0.1, 0.15) is 60.7 Å². The van der Waals surface area contributed by atoms with Crippen LogP contribution in [-0.2, 0) is 0 Å². The van der Waals surface area contributed by atoms with Crippen LogP contribution in [0.2, 0.25) is 0 Å². The molecule has 5 nitrogen and oxygen atoms in total. The summed E-state index contributed by atoms with van der Waals surface area (Å²) in [7, 11) is 0. The summed E-state index contributed by atoms with van der Waals surface area (Å²) >= 11 is 0. The van der Waals surface area contributed by atoms with Gasteiger partial charge in [0, 0.05) is 29.8 Å². The first-order valence-electron chi connectivity index (χ1n) is 10.0. The van der Waals surface area contributed by atoms with E-state index < -0.39 is 5.82 Å². The lowest BCUT2D eigenvalue weighted by Gasteiger charge is -2.30. The first-order chi connectivity index (χ1) is 13.7. The highest BCUT2D eigenvalue weighted by Gasteiger charge is 2.18. The largest absolute Gasteiger partial charge is 0.370 e. The van der Waals surface area contributed by atoms with Gasteiger partial charge >= 0.3 is 0 Å². The van der Waals surface area contributed by atoms with Crippen LogP contribution in [0.4, 0.5) is 15.8 Å². The van der Waals surface area contributed by atoms with E-state index in [9.17, 15) is 14.0 Å². The van der Waals surface area contributed by atoms with Crippen molar-refractivity contribution in [3.63, 3.8) is 0 Å². The smallest absolute Gasteiger partial charge is 0.255 e. The SMILES string of the molecule is CC(C)(C)NC(=O)c1ccc(C(=O)Nc2cc(F)ccc2N2CCCCC2)cc1. The van der Waals surface area contributed by atoms with Crippen molar-refractivity contribution in [3.8, 4) is 0 Å². The Hall–Kier alpha value is -2.89. The van der Waals surface area contributed by atoms with Crippen LogP contribution >= 0.6 is 0 Å². The number of nitrogens with one attached hydrogen (secondary N) is 2. The Balaban J connectivity index is 1.75. The maximum atomic E-state index is 13.8. The van der Waals surface area contributed by atoms with Gasteiger partial charge in [-0.3, -0.25) is 9.59 Å². The molecule has 1 heterocycles. The Morgan fingerprint density at radius 1 is 0.897 bits per heavy atom. The standard InChI is InChI=1S/C23H28FN3O2/c1-23(2,3)26-22(29)17-9-7-16(8-10-17)21(28)25-19-15-18(24)11-12-20(19)27-13-5-4-6-14-27/h7-12,15H,4-6,13-14H2,1-3H3,(H,25,28)(H,26,29). The van der Waals surface area contributed by atoms with Gasteiger partial charge in [0.2, 0.25) is 0 Å². The molecule has 0 unspecified atom stereocenters. The fraction of sp³-hybridized carbons (Fsp3) is 0.391. The van der Waals surface area contributed by atoms with Crippen molar-refractivity contribution in [3.05, 3.63) is 59.4 Å². The number of anilines is 2. The molecular weight excluding hydrogens is 369 g/mol. The Kier molecular flexibility index (Phi) is 6.20. The molecule has 1 fully saturated rings. The van der Waals surface area contributed by atoms with Crippen LogP contribution in [0, 0.1) is 5.82 Å². The molecule has 154 valence electrons. The third kappa shape index (κ3) is 5.56. The molecule has 6 heteroatoms. The molecule has 2 aromatic carbocycles. The van der Waals surface area contributed by atoms with E-state index >= 15 is 0 Å². The van der Waals surface area contributed by atoms with Crippen molar-refractivity contribution in [1.29, 1.82) is 0 Å². The van der Waals surface area contributed by atoms with E-state index in [4.69, 9.17) is 0 Å². The van der Waals surface area contributed by atoms with E-state index in [2.05, 4.69) is 15.5 Å². The summed E-state index contributed by atoms with van der Waals surface area (Å²) in [6, 6.07) is 10.9. The Morgan fingerprint density at radius 2 is 1.48 bits per heavy atom. The normalized spacial score (nSPS) is 14.4. The maximum Gasteiger partial charge on any atom is 0.255 e. The minimum atomic E-state index is -0.393. The van der Waals surface area contributed by atoms with Gasteiger partial charge in [0.25, 0.3) is 11.8 Å². The predicted molar refractivity (Wildman–Crippen MR) is 114 cm³/mol. The number of nitrogens with zero attached hydrogens (tertiary/aromatic N) is 1. The average molecular weight is 397 g/mol. The molecular formula is C23H28FN3O2. The van der Waals surface area contributed by atoms with Crippen molar-refractivity contribution < 1.29 is 14.0 Å². The maximum absolute atomic E-state index is 13.8. The van der Waals surface area contributed by atoms with Crippen molar-refractivity contribution in [1.82, 2.24) is 5.32 Å². The summed E-state index contributed by atoms with van der Waals surface area (Å²) in [6.07, 6.45) is 3.36. The molecule has 0 aromatic heterocycles. The van der Waals surface area contributed by atoms with E-state index in [0.717, 1.165) is 31.6 Å². The quantitative estimate of drug-likeness (QED) is 0.793. The zero-order valence-corrected chi connectivity index (χ0v) is 17.2. The fourth-order valence-electron chi connectivity index (χ4n) is 3.40. The number of benzene rings is 2. The molecule has 0 saturated carbocycles. The molecule has 0 aliphatic carbocycles. The molecule has 2 amide bonds. The zero-order chi connectivity index (χ0) is 21.0. The number of piperidine rings is 1. The van der Waals surface area contributed by atoms with E-state index in [1.54, 1.807) is 30.3 Å². The number of hydrogen-bond donors (Lipinski definition) is 2. The predicted octanol–water partition coefficient (Wildman–Crippen LogP) is 4.60. The number of amides is 2. The monoisotopic (exact) mass is 397 g/mol. The molecule has 0 atom stereocenters. The summed E-state index contributed by atoms with van der Waals surface area (Å²) in [5.74, 6) is -0.922. The first-order valence-corrected chi connectivity index (χ1v) is 10.0. The second-order valence-corrected chi connectivity index (χ2v) is 8.44. The van der Waals surface area contributed by atoms with Gasteiger partial charge in [-0.25, -0.2) is 4.39 Å². The molecule has 3 rings (SSSR count). The van der Waals surface area contributed by atoms with Gasteiger partial charge in [-0.05, 0) is 82.5 Å². The molecule has 1 aliphatic heterocycles. The average Bonchev–Trinajstić information content (AvgIpc) is 2.67. The summed E-state index contributed by atoms with van der Waals surface area (Å²) in [4.78, 5) is 27.1. The third-order valence-electron chi connectivity index (χ3n) is 4.80. The van der Waals surface area contributed by atoms with Crippen LogP contribution in [0.25, 0.3) is 0 Å². The Labute approximate surface area is 171 Å². The van der Waals surface area contributed by atoms with Crippen LogP contribution < -0.4 is 15.5 Å². The minimum absolute atomic E-state index is 0.193. The Bertz CT molecular complexity index is 882. The number of rotatable bonds is 4. The second-order valence-electron chi connectivity index (χ2n) is 8.44. The van der Waals surface area contributed by atoms with E-state index in [0.29, 0.717) is 16.8 Å². The van der Waals surface area contributed by atoms with E-state index in [1.165, 1.54) is 18.6 Å². The highest BCUT2D eigenvalue weighted by atomic mass is 19.1. The molecule has 29 heavy (non-hydrogen) atoms. The topological polar surface area (TPSA) is 61.4 Å². The van der Waals surface area contributed by atoms with Crippen LogP contribution in [0.15, 0.2) is 42.5 Å². The zero-order valence-electron chi connectivity index (χ0n) is 17.2.